The first-order valence-electron chi connectivity index (χ1n) is 8.90. The van der Waals surface area contributed by atoms with E-state index in [1.165, 1.54) is 12.5 Å². The van der Waals surface area contributed by atoms with E-state index in [2.05, 4.69) is 37.6 Å². The molecule has 0 radical (unpaired) electrons. The van der Waals surface area contributed by atoms with Crippen LogP contribution in [0.15, 0.2) is 24.3 Å². The van der Waals surface area contributed by atoms with Gasteiger partial charge in [0.1, 0.15) is 0 Å². The zero-order valence-electron chi connectivity index (χ0n) is 16.4. The van der Waals surface area contributed by atoms with Crippen LogP contribution in [0.4, 0.5) is 5.69 Å². The quantitative estimate of drug-likeness (QED) is 0.886. The summed E-state index contributed by atoms with van der Waals surface area (Å²) in [6, 6.07) is 7.74. The molecule has 0 saturated heterocycles. The first kappa shape index (κ1) is 18.2. The summed E-state index contributed by atoms with van der Waals surface area (Å²) in [6.07, 6.45) is 0.726. The second-order valence-electron chi connectivity index (χ2n) is 8.24. The fourth-order valence-electron chi connectivity index (χ4n) is 4.90. The number of carbonyl (C=O) groups is 2. The van der Waals surface area contributed by atoms with Gasteiger partial charge in [0.2, 0.25) is 11.8 Å². The molecule has 1 atom stereocenters. The van der Waals surface area contributed by atoms with Crippen LogP contribution in [0.1, 0.15) is 56.6 Å². The number of anilines is 1. The Morgan fingerprint density at radius 3 is 2.08 bits per heavy atom. The van der Waals surface area contributed by atoms with Crippen LogP contribution in [0.2, 0.25) is 0 Å². The molecule has 3 N–H and O–H groups in total. The number of amides is 2. The van der Waals surface area contributed by atoms with Gasteiger partial charge in [-0.15, -0.1) is 0 Å². The second-order valence-corrected chi connectivity index (χ2v) is 8.24. The summed E-state index contributed by atoms with van der Waals surface area (Å²) in [5.74, 6) is -0.366. The summed E-state index contributed by atoms with van der Waals surface area (Å²) in [6.45, 7) is 12.0. The standard InChI is InChI=1S/C21H27N3O2/c1-12-17-18(21(6,19(22)26)11-20(17,4)5)13(2)24(12)16-9-7-15(8-10-16)23-14(3)25/h7-10H,11H2,1-6H3,(H2,22,26)(H,23,25). The lowest BCUT2D eigenvalue weighted by atomic mass is 9.79. The van der Waals surface area contributed by atoms with Gasteiger partial charge in [0.05, 0.1) is 5.41 Å². The van der Waals surface area contributed by atoms with Crippen molar-refractivity contribution in [3.63, 3.8) is 0 Å². The van der Waals surface area contributed by atoms with Gasteiger partial charge in [-0.05, 0) is 68.0 Å². The highest BCUT2D eigenvalue weighted by Gasteiger charge is 2.52. The Balaban J connectivity index is 2.18. The van der Waals surface area contributed by atoms with Crippen molar-refractivity contribution in [1.82, 2.24) is 4.57 Å². The van der Waals surface area contributed by atoms with Crippen molar-refractivity contribution in [3.05, 3.63) is 46.8 Å². The summed E-state index contributed by atoms with van der Waals surface area (Å²) in [7, 11) is 0. The predicted octanol–water partition coefficient (Wildman–Crippen LogP) is 3.48. The van der Waals surface area contributed by atoms with Crippen LogP contribution in [0.5, 0.6) is 0 Å². The summed E-state index contributed by atoms with van der Waals surface area (Å²) in [4.78, 5) is 23.5. The lowest BCUT2D eigenvalue weighted by molar-refractivity contribution is -0.123. The molecule has 5 heteroatoms. The van der Waals surface area contributed by atoms with Gasteiger partial charge in [-0.2, -0.15) is 0 Å². The van der Waals surface area contributed by atoms with Crippen molar-refractivity contribution in [3.8, 4) is 5.69 Å². The Bertz CT molecular complexity index is 906. The van der Waals surface area contributed by atoms with E-state index in [0.717, 1.165) is 34.7 Å². The molecule has 0 bridgehead atoms. The largest absolute Gasteiger partial charge is 0.369 e. The Kier molecular flexibility index (Phi) is 4.02. The molecule has 1 aliphatic rings. The van der Waals surface area contributed by atoms with Gasteiger partial charge in [-0.25, -0.2) is 0 Å². The van der Waals surface area contributed by atoms with Crippen molar-refractivity contribution < 1.29 is 9.59 Å². The second kappa shape index (κ2) is 5.73. The molecule has 2 aromatic rings. The lowest BCUT2D eigenvalue weighted by Crippen LogP contribution is -2.38. The normalized spacial score (nSPS) is 20.7. The number of hydrogen-bond donors (Lipinski definition) is 2. The highest BCUT2D eigenvalue weighted by Crippen LogP contribution is 2.53. The molecule has 0 saturated carbocycles. The van der Waals surface area contributed by atoms with Crippen molar-refractivity contribution in [2.45, 2.75) is 58.8 Å². The minimum atomic E-state index is -0.658. The topological polar surface area (TPSA) is 77.1 Å². The van der Waals surface area contributed by atoms with E-state index < -0.39 is 5.41 Å². The molecule has 1 heterocycles. The van der Waals surface area contributed by atoms with Crippen molar-refractivity contribution in [2.75, 3.05) is 5.32 Å². The molecule has 1 aromatic carbocycles. The number of fused-ring (bicyclic) bond motifs is 1. The molecule has 2 amide bonds. The number of benzene rings is 1. The predicted molar refractivity (Wildman–Crippen MR) is 104 cm³/mol. The Labute approximate surface area is 154 Å². The first-order chi connectivity index (χ1) is 12.0. The molecule has 1 aromatic heterocycles. The number of carbonyl (C=O) groups excluding carboxylic acids is 2. The van der Waals surface area contributed by atoms with Crippen molar-refractivity contribution in [1.29, 1.82) is 0 Å². The van der Waals surface area contributed by atoms with Gasteiger partial charge in [0.25, 0.3) is 0 Å². The summed E-state index contributed by atoms with van der Waals surface area (Å²) < 4.78 is 2.18. The fourth-order valence-corrected chi connectivity index (χ4v) is 4.90. The molecule has 1 unspecified atom stereocenters. The van der Waals surface area contributed by atoms with Crippen molar-refractivity contribution in [2.24, 2.45) is 5.73 Å². The molecular weight excluding hydrogens is 326 g/mol. The van der Waals surface area contributed by atoms with Crippen LogP contribution >= 0.6 is 0 Å². The van der Waals surface area contributed by atoms with Crippen LogP contribution in [0.3, 0.4) is 0 Å². The van der Waals surface area contributed by atoms with E-state index in [1.54, 1.807) is 0 Å². The smallest absolute Gasteiger partial charge is 0.227 e. The van der Waals surface area contributed by atoms with Gasteiger partial charge in [-0.1, -0.05) is 13.8 Å². The number of aromatic nitrogens is 1. The summed E-state index contributed by atoms with van der Waals surface area (Å²) in [5.41, 5.74) is 11.3. The molecule has 3 rings (SSSR count). The first-order valence-corrected chi connectivity index (χ1v) is 8.90. The zero-order chi connectivity index (χ0) is 19.4. The number of nitrogens with zero attached hydrogens (tertiary/aromatic N) is 1. The maximum absolute atomic E-state index is 12.3. The monoisotopic (exact) mass is 353 g/mol. The minimum absolute atomic E-state index is 0.0935. The Hall–Kier alpha value is -2.56. The summed E-state index contributed by atoms with van der Waals surface area (Å²) in [5, 5.41) is 2.78. The Morgan fingerprint density at radius 1 is 1.04 bits per heavy atom. The number of hydrogen-bond acceptors (Lipinski definition) is 2. The average Bonchev–Trinajstić information content (AvgIpc) is 2.91. The molecule has 26 heavy (non-hydrogen) atoms. The molecule has 5 nitrogen and oxygen atoms in total. The average molecular weight is 353 g/mol. The molecule has 1 aliphatic carbocycles. The van der Waals surface area contributed by atoms with Crippen LogP contribution in [-0.4, -0.2) is 16.4 Å². The van der Waals surface area contributed by atoms with Crippen LogP contribution in [0, 0.1) is 13.8 Å². The fraction of sp³-hybridized carbons (Fsp3) is 0.429. The maximum atomic E-state index is 12.3. The maximum Gasteiger partial charge on any atom is 0.227 e. The van der Waals surface area contributed by atoms with E-state index >= 15 is 0 Å². The minimum Gasteiger partial charge on any atom is -0.369 e. The van der Waals surface area contributed by atoms with E-state index in [1.807, 2.05) is 31.2 Å². The van der Waals surface area contributed by atoms with Gasteiger partial charge >= 0.3 is 0 Å². The third-order valence-corrected chi connectivity index (χ3v) is 5.66. The highest BCUT2D eigenvalue weighted by atomic mass is 16.1. The molecule has 0 aliphatic heterocycles. The number of rotatable bonds is 3. The van der Waals surface area contributed by atoms with E-state index in [-0.39, 0.29) is 17.2 Å². The van der Waals surface area contributed by atoms with Gasteiger partial charge in [0, 0.05) is 29.7 Å². The molecule has 0 spiro atoms. The number of nitrogens with one attached hydrogen (secondary N) is 1. The van der Waals surface area contributed by atoms with Gasteiger partial charge in [0.15, 0.2) is 0 Å². The van der Waals surface area contributed by atoms with Crippen LogP contribution in [-0.2, 0) is 20.4 Å². The third-order valence-electron chi connectivity index (χ3n) is 5.66. The molecule has 138 valence electrons. The van der Waals surface area contributed by atoms with Crippen molar-refractivity contribution >= 4 is 17.5 Å². The highest BCUT2D eigenvalue weighted by molar-refractivity contribution is 5.90. The molecule has 0 fully saturated rings. The third kappa shape index (κ3) is 2.54. The molecular formula is C21H27N3O2. The van der Waals surface area contributed by atoms with Gasteiger partial charge in [-0.3, -0.25) is 9.59 Å². The van der Waals surface area contributed by atoms with Crippen LogP contribution < -0.4 is 11.1 Å². The number of nitrogens with two attached hydrogens (primary N) is 1. The van der Waals surface area contributed by atoms with E-state index in [4.69, 9.17) is 5.73 Å². The van der Waals surface area contributed by atoms with Crippen LogP contribution in [0.25, 0.3) is 5.69 Å². The van der Waals surface area contributed by atoms with E-state index in [9.17, 15) is 9.59 Å². The number of primary amides is 1. The van der Waals surface area contributed by atoms with Gasteiger partial charge < -0.3 is 15.6 Å². The SMILES string of the molecule is CC(=O)Nc1ccc(-n2c(C)c3c(c2C)C(C)(C(N)=O)CC3(C)C)cc1. The Morgan fingerprint density at radius 2 is 1.58 bits per heavy atom. The lowest BCUT2D eigenvalue weighted by Gasteiger charge is -2.27. The van der Waals surface area contributed by atoms with E-state index in [0.29, 0.717) is 0 Å². The zero-order valence-corrected chi connectivity index (χ0v) is 16.4. The summed E-state index contributed by atoms with van der Waals surface area (Å²) >= 11 is 0.